The summed E-state index contributed by atoms with van der Waals surface area (Å²) in [6, 6.07) is 4.82. The Morgan fingerprint density at radius 1 is 1.22 bits per heavy atom. The summed E-state index contributed by atoms with van der Waals surface area (Å²) in [6.07, 6.45) is 4.08. The second-order valence-electron chi connectivity index (χ2n) is 10.5. The largest absolute Gasteiger partial charge is 0.378 e. The van der Waals surface area contributed by atoms with Gasteiger partial charge in [-0.15, -0.1) is 0 Å². The maximum Gasteiger partial charge on any atom is 0.253 e. The smallest absolute Gasteiger partial charge is 0.253 e. The number of hydrogen-bond acceptors (Lipinski definition) is 6. The van der Waals surface area contributed by atoms with Crippen molar-refractivity contribution in [3.05, 3.63) is 56.6 Å². The summed E-state index contributed by atoms with van der Waals surface area (Å²) < 4.78 is 7.23. The number of fused-ring (bicyclic) bond motifs is 1. The fourth-order valence-electron chi connectivity index (χ4n) is 5.94. The topological polar surface area (TPSA) is 95.5 Å². The van der Waals surface area contributed by atoms with Crippen LogP contribution in [0.1, 0.15) is 52.5 Å². The van der Waals surface area contributed by atoms with E-state index in [-0.39, 0.29) is 18.0 Å². The van der Waals surface area contributed by atoms with Gasteiger partial charge in [-0.25, -0.2) is 0 Å². The Morgan fingerprint density at radius 3 is 2.57 bits per heavy atom. The number of piperidine rings is 1. The van der Waals surface area contributed by atoms with Gasteiger partial charge < -0.3 is 19.9 Å². The summed E-state index contributed by atoms with van der Waals surface area (Å²) in [5.74, 6) is -0.183. The van der Waals surface area contributed by atoms with Gasteiger partial charge in [-0.1, -0.05) is 0 Å². The number of nitrogens with one attached hydrogen (secondary N) is 2. The number of nitrogens with zero attached hydrogens (tertiary/aromatic N) is 4. The van der Waals surface area contributed by atoms with E-state index in [2.05, 4.69) is 32.1 Å². The van der Waals surface area contributed by atoms with Crippen molar-refractivity contribution in [1.82, 2.24) is 25.0 Å². The van der Waals surface area contributed by atoms with E-state index >= 15 is 0 Å². The van der Waals surface area contributed by atoms with Gasteiger partial charge in [-0.3, -0.25) is 19.2 Å². The molecule has 0 bridgehead atoms. The number of aromatic nitrogens is 3. The molecule has 37 heavy (non-hydrogen) atoms. The number of hydrogen-bond donors (Lipinski definition) is 2. The van der Waals surface area contributed by atoms with Gasteiger partial charge in [0, 0.05) is 61.5 Å². The second-order valence-corrected chi connectivity index (χ2v) is 10.5. The van der Waals surface area contributed by atoms with Crippen LogP contribution >= 0.6 is 0 Å². The Bertz CT molecular complexity index is 1360. The maximum absolute atomic E-state index is 13.5. The number of anilines is 1. The first-order valence-electron chi connectivity index (χ1n) is 13.3. The molecule has 2 saturated heterocycles. The highest BCUT2D eigenvalue weighted by Crippen LogP contribution is 2.36. The Labute approximate surface area is 217 Å². The number of rotatable bonds is 7. The molecule has 5 rings (SSSR count). The summed E-state index contributed by atoms with van der Waals surface area (Å²) in [5, 5.41) is 8.60. The van der Waals surface area contributed by atoms with Crippen molar-refractivity contribution in [3.63, 3.8) is 0 Å². The van der Waals surface area contributed by atoms with Crippen molar-refractivity contribution in [2.24, 2.45) is 7.05 Å². The fourth-order valence-corrected chi connectivity index (χ4v) is 5.94. The van der Waals surface area contributed by atoms with Crippen molar-refractivity contribution < 1.29 is 9.53 Å². The highest BCUT2D eigenvalue weighted by Gasteiger charge is 2.33. The SMILES string of the molecule is CCN(c1c(C)c(C(=O)NCc2c(C)cc(C)[nH]c2=O)cc2c1cnn2C)C1CCN(C2COC2)CC1. The molecule has 2 aliphatic heterocycles. The van der Waals surface area contributed by atoms with Crippen molar-refractivity contribution in [2.45, 2.75) is 59.2 Å². The van der Waals surface area contributed by atoms with Crippen LogP contribution in [-0.4, -0.2) is 70.5 Å². The van der Waals surface area contributed by atoms with E-state index in [4.69, 9.17) is 4.74 Å². The van der Waals surface area contributed by atoms with Gasteiger partial charge in [-0.05, 0) is 63.8 Å². The number of carbonyl (C=O) groups is 1. The number of aromatic amines is 1. The molecule has 0 spiro atoms. The minimum atomic E-state index is -0.183. The van der Waals surface area contributed by atoms with Gasteiger partial charge in [0.2, 0.25) is 0 Å². The van der Waals surface area contributed by atoms with E-state index in [1.54, 1.807) is 0 Å². The van der Waals surface area contributed by atoms with Crippen LogP contribution in [0.25, 0.3) is 10.9 Å². The molecule has 198 valence electrons. The molecule has 0 saturated carbocycles. The first-order valence-corrected chi connectivity index (χ1v) is 13.3. The van der Waals surface area contributed by atoms with Crippen molar-refractivity contribution in [2.75, 3.05) is 37.7 Å². The van der Waals surface area contributed by atoms with E-state index in [1.807, 2.05) is 50.8 Å². The number of amides is 1. The molecule has 9 nitrogen and oxygen atoms in total. The predicted octanol–water partition coefficient (Wildman–Crippen LogP) is 2.81. The quantitative estimate of drug-likeness (QED) is 0.512. The number of H-pyrrole nitrogens is 1. The van der Waals surface area contributed by atoms with E-state index in [0.29, 0.717) is 23.2 Å². The van der Waals surface area contributed by atoms with Crippen LogP contribution in [0.3, 0.4) is 0 Å². The molecule has 0 unspecified atom stereocenters. The summed E-state index contributed by atoms with van der Waals surface area (Å²) in [5.41, 5.74) is 5.69. The summed E-state index contributed by atoms with van der Waals surface area (Å²) in [4.78, 5) is 33.8. The van der Waals surface area contributed by atoms with Crippen molar-refractivity contribution in [3.8, 4) is 0 Å². The van der Waals surface area contributed by atoms with Crippen LogP contribution in [0.2, 0.25) is 0 Å². The number of ether oxygens (including phenoxy) is 1. The monoisotopic (exact) mass is 506 g/mol. The molecular weight excluding hydrogens is 468 g/mol. The number of aryl methyl sites for hydroxylation is 3. The highest BCUT2D eigenvalue weighted by atomic mass is 16.5. The molecule has 1 aromatic carbocycles. The standard InChI is InChI=1S/C28H38N6O3/c1-6-34(20-7-9-33(10-8-20)21-15-37-16-21)26-19(4)22(12-25-24(26)14-30-32(25)5)27(35)29-13-23-17(2)11-18(3)31-28(23)36/h11-12,14,20-21H,6-10,13,15-16H2,1-5H3,(H,29,35)(H,31,36). The van der Waals surface area contributed by atoms with E-state index in [1.165, 1.54) is 0 Å². The lowest BCUT2D eigenvalue weighted by Crippen LogP contribution is -2.54. The van der Waals surface area contributed by atoms with Crippen LogP contribution in [0.15, 0.2) is 23.1 Å². The molecule has 4 heterocycles. The molecule has 2 N–H and O–H groups in total. The first-order chi connectivity index (χ1) is 17.8. The van der Waals surface area contributed by atoms with Crippen LogP contribution in [0.4, 0.5) is 5.69 Å². The van der Waals surface area contributed by atoms with E-state index in [0.717, 1.165) is 79.1 Å². The third-order valence-electron chi connectivity index (χ3n) is 8.15. The second kappa shape index (κ2) is 10.3. The lowest BCUT2D eigenvalue weighted by Gasteiger charge is -2.44. The number of carbonyl (C=O) groups excluding carboxylic acids is 1. The van der Waals surface area contributed by atoms with Crippen LogP contribution in [0, 0.1) is 20.8 Å². The lowest BCUT2D eigenvalue weighted by molar-refractivity contribution is -0.0711. The Hall–Kier alpha value is -3.17. The van der Waals surface area contributed by atoms with Crippen molar-refractivity contribution >= 4 is 22.5 Å². The third kappa shape index (κ3) is 4.78. The molecule has 9 heteroatoms. The average molecular weight is 507 g/mol. The Kier molecular flexibility index (Phi) is 7.09. The average Bonchev–Trinajstić information content (AvgIpc) is 3.19. The Balaban J connectivity index is 1.44. The van der Waals surface area contributed by atoms with Crippen LogP contribution in [0.5, 0.6) is 0 Å². The number of likely N-dealkylation sites (tertiary alicyclic amines) is 1. The Morgan fingerprint density at radius 2 is 1.95 bits per heavy atom. The summed E-state index contributed by atoms with van der Waals surface area (Å²) >= 11 is 0. The molecule has 2 aromatic heterocycles. The molecule has 0 radical (unpaired) electrons. The normalized spacial score (nSPS) is 17.2. The van der Waals surface area contributed by atoms with Crippen LogP contribution < -0.4 is 15.8 Å². The number of benzene rings is 1. The van der Waals surface area contributed by atoms with Gasteiger partial charge in [0.1, 0.15) is 0 Å². The summed E-state index contributed by atoms with van der Waals surface area (Å²) in [6.45, 7) is 12.8. The lowest BCUT2D eigenvalue weighted by atomic mass is 9.96. The zero-order valence-corrected chi connectivity index (χ0v) is 22.6. The van der Waals surface area contributed by atoms with E-state index in [9.17, 15) is 9.59 Å². The van der Waals surface area contributed by atoms with Gasteiger partial charge in [0.15, 0.2) is 0 Å². The third-order valence-corrected chi connectivity index (χ3v) is 8.15. The van der Waals surface area contributed by atoms with Gasteiger partial charge in [0.25, 0.3) is 11.5 Å². The molecule has 2 fully saturated rings. The first kappa shape index (κ1) is 25.5. The molecule has 0 atom stereocenters. The molecule has 1 amide bonds. The van der Waals surface area contributed by atoms with Gasteiger partial charge in [-0.2, -0.15) is 5.10 Å². The molecular formula is C28H38N6O3. The van der Waals surface area contributed by atoms with Crippen LogP contribution in [-0.2, 0) is 18.3 Å². The molecule has 0 aliphatic carbocycles. The maximum atomic E-state index is 13.5. The minimum absolute atomic E-state index is 0.158. The van der Waals surface area contributed by atoms with Crippen molar-refractivity contribution in [1.29, 1.82) is 0 Å². The molecule has 2 aliphatic rings. The van der Waals surface area contributed by atoms with Gasteiger partial charge >= 0.3 is 0 Å². The minimum Gasteiger partial charge on any atom is -0.378 e. The number of pyridine rings is 1. The predicted molar refractivity (Wildman–Crippen MR) is 145 cm³/mol. The van der Waals surface area contributed by atoms with E-state index < -0.39 is 0 Å². The van der Waals surface area contributed by atoms with Gasteiger partial charge in [0.05, 0.1) is 36.7 Å². The summed E-state index contributed by atoms with van der Waals surface area (Å²) in [7, 11) is 1.91. The molecule has 3 aromatic rings. The zero-order valence-electron chi connectivity index (χ0n) is 22.6. The fraction of sp³-hybridized carbons (Fsp3) is 0.536. The highest BCUT2D eigenvalue weighted by molar-refractivity contribution is 6.05. The zero-order chi connectivity index (χ0) is 26.3.